The van der Waals surface area contributed by atoms with Gasteiger partial charge in [-0.05, 0) is 41.7 Å². The molecule has 37 heavy (non-hydrogen) atoms. The van der Waals surface area contributed by atoms with E-state index < -0.39 is 0 Å². The summed E-state index contributed by atoms with van der Waals surface area (Å²) in [6.45, 7) is 8.86. The van der Waals surface area contributed by atoms with Crippen LogP contribution in [0.2, 0.25) is 0 Å². The van der Waals surface area contributed by atoms with Crippen molar-refractivity contribution in [3.63, 3.8) is 0 Å². The maximum absolute atomic E-state index is 13.3. The van der Waals surface area contributed by atoms with Crippen LogP contribution >= 0.6 is 0 Å². The first kappa shape index (κ1) is 25.9. The monoisotopic (exact) mass is 494 g/mol. The maximum atomic E-state index is 13.3. The van der Waals surface area contributed by atoms with Gasteiger partial charge in [0.05, 0.1) is 11.4 Å². The summed E-state index contributed by atoms with van der Waals surface area (Å²) in [7, 11) is 0. The van der Waals surface area contributed by atoms with E-state index in [1.54, 1.807) is 9.58 Å². The van der Waals surface area contributed by atoms with Gasteiger partial charge in [0.2, 0.25) is 5.91 Å². The Morgan fingerprint density at radius 3 is 2.11 bits per heavy atom. The molecule has 0 unspecified atom stereocenters. The zero-order chi connectivity index (χ0) is 26.4. The van der Waals surface area contributed by atoms with Gasteiger partial charge in [-0.2, -0.15) is 5.10 Å². The summed E-state index contributed by atoms with van der Waals surface area (Å²) in [6.07, 6.45) is 0.749. The summed E-state index contributed by atoms with van der Waals surface area (Å²) in [6, 6.07) is 29.0. The number of anilines is 1. The van der Waals surface area contributed by atoms with Crippen LogP contribution in [0.1, 0.15) is 50.0 Å². The van der Waals surface area contributed by atoms with E-state index in [1.165, 1.54) is 0 Å². The van der Waals surface area contributed by atoms with E-state index in [9.17, 15) is 9.59 Å². The average Bonchev–Trinajstić information content (AvgIpc) is 3.32. The molecule has 0 aliphatic heterocycles. The molecule has 3 aromatic carbocycles. The Morgan fingerprint density at radius 1 is 0.892 bits per heavy atom. The molecule has 0 saturated carbocycles. The number of aromatic nitrogens is 2. The first-order valence-electron chi connectivity index (χ1n) is 12.7. The number of rotatable bonds is 8. The molecule has 1 heterocycles. The number of benzene rings is 3. The average molecular weight is 495 g/mol. The molecule has 0 aliphatic rings. The van der Waals surface area contributed by atoms with E-state index >= 15 is 0 Å². The highest BCUT2D eigenvalue weighted by Gasteiger charge is 2.21. The van der Waals surface area contributed by atoms with Crippen molar-refractivity contribution in [1.82, 2.24) is 14.7 Å². The van der Waals surface area contributed by atoms with Crippen LogP contribution in [0.5, 0.6) is 0 Å². The molecule has 190 valence electrons. The zero-order valence-electron chi connectivity index (χ0n) is 21.9. The second kappa shape index (κ2) is 11.2. The lowest BCUT2D eigenvalue weighted by Crippen LogP contribution is -2.38. The number of hydrogen-bond donors (Lipinski definition) is 1. The second-order valence-corrected chi connectivity index (χ2v) is 10.1. The smallest absolute Gasteiger partial charge is 0.254 e. The normalized spacial score (nSPS) is 11.2. The standard InChI is InChI=1S/C31H34N4O2/c1-5-20-34(30(37)24-16-18-25(19-17-24)31(2,3)4)22-29(36)32-28-21-27(23-12-8-6-9-13-23)33-35(28)26-14-10-7-11-15-26/h6-19,21H,5,20,22H2,1-4H3,(H,32,36). The summed E-state index contributed by atoms with van der Waals surface area (Å²) in [5.74, 6) is 0.122. The van der Waals surface area contributed by atoms with Crippen molar-refractivity contribution in [1.29, 1.82) is 0 Å². The van der Waals surface area contributed by atoms with Gasteiger partial charge in [0, 0.05) is 23.7 Å². The molecule has 6 nitrogen and oxygen atoms in total. The van der Waals surface area contributed by atoms with Gasteiger partial charge in [0.25, 0.3) is 5.91 Å². The number of nitrogens with zero attached hydrogens (tertiary/aromatic N) is 3. The predicted octanol–water partition coefficient (Wildman–Crippen LogP) is 6.33. The topological polar surface area (TPSA) is 67.2 Å². The van der Waals surface area contributed by atoms with Crippen molar-refractivity contribution in [3.05, 3.63) is 102 Å². The van der Waals surface area contributed by atoms with Crippen molar-refractivity contribution < 1.29 is 9.59 Å². The van der Waals surface area contributed by atoms with Gasteiger partial charge in [-0.3, -0.25) is 9.59 Å². The fourth-order valence-corrected chi connectivity index (χ4v) is 4.16. The molecule has 0 bridgehead atoms. The van der Waals surface area contributed by atoms with Crippen LogP contribution in [-0.4, -0.2) is 39.6 Å². The molecule has 0 spiro atoms. The molecule has 0 aliphatic carbocycles. The van der Waals surface area contributed by atoms with Crippen LogP contribution in [0.4, 0.5) is 5.82 Å². The van der Waals surface area contributed by atoms with Crippen molar-refractivity contribution in [2.45, 2.75) is 39.5 Å². The maximum Gasteiger partial charge on any atom is 0.254 e. The molecular formula is C31H34N4O2. The van der Waals surface area contributed by atoms with E-state index in [2.05, 4.69) is 26.1 Å². The lowest BCUT2D eigenvalue weighted by molar-refractivity contribution is -0.116. The van der Waals surface area contributed by atoms with Crippen LogP contribution in [-0.2, 0) is 10.2 Å². The first-order valence-corrected chi connectivity index (χ1v) is 12.7. The highest BCUT2D eigenvalue weighted by Crippen LogP contribution is 2.25. The Kier molecular flexibility index (Phi) is 7.87. The fraction of sp³-hybridized carbons (Fsp3) is 0.258. The fourth-order valence-electron chi connectivity index (χ4n) is 4.16. The molecule has 0 fully saturated rings. The molecule has 4 rings (SSSR count). The van der Waals surface area contributed by atoms with Gasteiger partial charge < -0.3 is 10.2 Å². The third-order valence-corrected chi connectivity index (χ3v) is 6.16. The zero-order valence-corrected chi connectivity index (χ0v) is 21.9. The van der Waals surface area contributed by atoms with E-state index in [4.69, 9.17) is 5.10 Å². The Hall–Kier alpha value is -4.19. The van der Waals surface area contributed by atoms with E-state index in [-0.39, 0.29) is 23.8 Å². The highest BCUT2D eigenvalue weighted by atomic mass is 16.2. The SMILES string of the molecule is CCCN(CC(=O)Nc1cc(-c2ccccc2)nn1-c1ccccc1)C(=O)c1ccc(C(C)(C)C)cc1. The van der Waals surface area contributed by atoms with Gasteiger partial charge in [-0.25, -0.2) is 4.68 Å². The Morgan fingerprint density at radius 2 is 1.51 bits per heavy atom. The highest BCUT2D eigenvalue weighted by molar-refractivity contribution is 5.99. The third-order valence-electron chi connectivity index (χ3n) is 6.16. The van der Waals surface area contributed by atoms with Crippen LogP contribution in [0.3, 0.4) is 0 Å². The number of nitrogens with one attached hydrogen (secondary N) is 1. The number of para-hydroxylation sites is 1. The summed E-state index contributed by atoms with van der Waals surface area (Å²) in [4.78, 5) is 28.1. The van der Waals surface area contributed by atoms with Crippen LogP contribution in [0.15, 0.2) is 91.0 Å². The van der Waals surface area contributed by atoms with Crippen LogP contribution < -0.4 is 5.32 Å². The molecular weight excluding hydrogens is 460 g/mol. The molecule has 1 aromatic heterocycles. The summed E-state index contributed by atoms with van der Waals surface area (Å²) in [5, 5.41) is 7.74. The van der Waals surface area contributed by atoms with E-state index in [0.29, 0.717) is 17.9 Å². The number of carbonyl (C=O) groups is 2. The van der Waals surface area contributed by atoms with Crippen molar-refractivity contribution in [2.75, 3.05) is 18.4 Å². The summed E-state index contributed by atoms with van der Waals surface area (Å²) < 4.78 is 1.72. The molecule has 0 saturated heterocycles. The lowest BCUT2D eigenvalue weighted by Gasteiger charge is -2.23. The minimum Gasteiger partial charge on any atom is -0.329 e. The Labute approximate surface area is 218 Å². The van der Waals surface area contributed by atoms with E-state index in [0.717, 1.165) is 28.9 Å². The van der Waals surface area contributed by atoms with Crippen molar-refractivity contribution in [3.8, 4) is 16.9 Å². The predicted molar refractivity (Wildman–Crippen MR) is 149 cm³/mol. The minimum absolute atomic E-state index is 0.00484. The largest absolute Gasteiger partial charge is 0.329 e. The number of carbonyl (C=O) groups excluding carboxylic acids is 2. The molecule has 0 atom stereocenters. The van der Waals surface area contributed by atoms with Crippen molar-refractivity contribution in [2.24, 2.45) is 0 Å². The van der Waals surface area contributed by atoms with Gasteiger partial charge in [0.1, 0.15) is 12.4 Å². The van der Waals surface area contributed by atoms with Crippen LogP contribution in [0.25, 0.3) is 16.9 Å². The quantitative estimate of drug-likeness (QED) is 0.311. The van der Waals surface area contributed by atoms with Crippen molar-refractivity contribution >= 4 is 17.6 Å². The minimum atomic E-state index is -0.273. The Balaban J connectivity index is 1.55. The molecule has 4 aromatic rings. The van der Waals surface area contributed by atoms with Gasteiger partial charge in [0.15, 0.2) is 0 Å². The van der Waals surface area contributed by atoms with Gasteiger partial charge in [-0.15, -0.1) is 0 Å². The number of amides is 2. The lowest BCUT2D eigenvalue weighted by atomic mass is 9.86. The molecule has 2 amide bonds. The van der Waals surface area contributed by atoms with Gasteiger partial charge in [-0.1, -0.05) is 88.4 Å². The van der Waals surface area contributed by atoms with E-state index in [1.807, 2.05) is 97.9 Å². The van der Waals surface area contributed by atoms with Gasteiger partial charge >= 0.3 is 0 Å². The third kappa shape index (κ3) is 6.33. The number of hydrogen-bond acceptors (Lipinski definition) is 3. The molecule has 1 N–H and O–H groups in total. The van der Waals surface area contributed by atoms with Crippen LogP contribution in [0, 0.1) is 0 Å². The molecule has 6 heteroatoms. The summed E-state index contributed by atoms with van der Waals surface area (Å²) in [5.41, 5.74) is 4.28. The second-order valence-electron chi connectivity index (χ2n) is 10.1. The first-order chi connectivity index (χ1) is 17.8. The molecule has 0 radical (unpaired) electrons. The Bertz CT molecular complexity index is 1340. The summed E-state index contributed by atoms with van der Waals surface area (Å²) >= 11 is 0.